The van der Waals surface area contributed by atoms with E-state index < -0.39 is 0 Å². The lowest BCUT2D eigenvalue weighted by molar-refractivity contribution is -0.133. The average Bonchev–Trinajstić information content (AvgIpc) is 2.84. The molecule has 0 atom stereocenters. The van der Waals surface area contributed by atoms with Crippen molar-refractivity contribution in [3.63, 3.8) is 0 Å². The molecule has 166 valence electrons. The summed E-state index contributed by atoms with van der Waals surface area (Å²) in [4.78, 5) is 16.6. The minimum Gasteiger partial charge on any atom is -0.493 e. The minimum atomic E-state index is -0.0354. The van der Waals surface area contributed by atoms with Crippen LogP contribution in [0.15, 0.2) is 54.6 Å². The summed E-state index contributed by atoms with van der Waals surface area (Å²) in [5.41, 5.74) is 4.43. The van der Waals surface area contributed by atoms with Gasteiger partial charge in [-0.3, -0.25) is 4.79 Å². The van der Waals surface area contributed by atoms with Crippen LogP contribution in [0, 0.1) is 13.8 Å². The van der Waals surface area contributed by atoms with Gasteiger partial charge in [-0.1, -0.05) is 24.3 Å². The highest BCUT2D eigenvalue weighted by molar-refractivity contribution is 5.78. The molecule has 1 aliphatic heterocycles. The first-order valence-corrected chi connectivity index (χ1v) is 10.7. The molecular weight excluding hydrogens is 404 g/mol. The number of carbonyl (C=O) groups excluding carboxylic acids is 1. The first-order chi connectivity index (χ1) is 15.5. The normalized spacial score (nSPS) is 13.7. The zero-order valence-corrected chi connectivity index (χ0v) is 18.7. The minimum absolute atomic E-state index is 0.00908. The monoisotopic (exact) mass is 432 g/mol. The molecule has 2 heterocycles. The maximum Gasteiger partial charge on any atom is 0.260 e. The second kappa shape index (κ2) is 9.68. The van der Waals surface area contributed by atoms with Gasteiger partial charge in [-0.05, 0) is 55.3 Å². The Morgan fingerprint density at radius 2 is 1.66 bits per heavy atom. The van der Waals surface area contributed by atoms with E-state index in [0.29, 0.717) is 37.7 Å². The maximum absolute atomic E-state index is 12.6. The number of hydrogen-bond donors (Lipinski definition) is 0. The quantitative estimate of drug-likeness (QED) is 0.594. The topological polar surface area (TPSA) is 67.8 Å². The van der Waals surface area contributed by atoms with Gasteiger partial charge in [0.1, 0.15) is 0 Å². The Kier molecular flexibility index (Phi) is 6.54. The second-order valence-corrected chi connectivity index (χ2v) is 7.88. The zero-order chi connectivity index (χ0) is 22.5. The molecule has 0 aliphatic carbocycles. The number of benzene rings is 2. The number of anilines is 1. The van der Waals surface area contributed by atoms with Crippen molar-refractivity contribution in [3.8, 4) is 22.8 Å². The van der Waals surface area contributed by atoms with Crippen molar-refractivity contribution in [3.05, 3.63) is 65.7 Å². The van der Waals surface area contributed by atoms with Crippen LogP contribution in [-0.4, -0.2) is 60.9 Å². The van der Waals surface area contributed by atoms with Gasteiger partial charge in [0.15, 0.2) is 23.9 Å². The lowest BCUT2D eigenvalue weighted by Crippen LogP contribution is -2.50. The van der Waals surface area contributed by atoms with E-state index in [0.717, 1.165) is 17.1 Å². The largest absolute Gasteiger partial charge is 0.493 e. The fraction of sp³-hybridized carbons (Fsp3) is 0.320. The van der Waals surface area contributed by atoms with Crippen LogP contribution in [0.4, 0.5) is 5.82 Å². The average molecular weight is 433 g/mol. The molecule has 1 aromatic heterocycles. The highest BCUT2D eigenvalue weighted by Crippen LogP contribution is 2.26. The number of rotatable bonds is 6. The van der Waals surface area contributed by atoms with Crippen molar-refractivity contribution in [1.82, 2.24) is 15.1 Å². The number of piperazine rings is 1. The van der Waals surface area contributed by atoms with E-state index in [1.54, 1.807) is 13.2 Å². The van der Waals surface area contributed by atoms with Crippen molar-refractivity contribution in [2.45, 2.75) is 13.8 Å². The summed E-state index contributed by atoms with van der Waals surface area (Å²) in [6.45, 7) is 6.84. The zero-order valence-electron chi connectivity index (χ0n) is 18.7. The first kappa shape index (κ1) is 21.6. The number of carbonyl (C=O) groups is 1. The number of nitrogens with zero attached hydrogens (tertiary/aromatic N) is 4. The SMILES string of the molecule is COc1ccccc1OCC(=O)N1CCN(c2ccc(-c3ccc(C)c(C)c3)nn2)CC1. The highest BCUT2D eigenvalue weighted by Gasteiger charge is 2.23. The molecule has 0 N–H and O–H groups in total. The Balaban J connectivity index is 1.31. The number of ether oxygens (including phenoxy) is 2. The van der Waals surface area contributed by atoms with E-state index in [-0.39, 0.29) is 12.5 Å². The molecular formula is C25H28N4O3. The molecule has 2 aromatic carbocycles. The molecule has 3 aromatic rings. The van der Waals surface area contributed by atoms with Crippen molar-refractivity contribution in [2.24, 2.45) is 0 Å². The molecule has 32 heavy (non-hydrogen) atoms. The van der Waals surface area contributed by atoms with Gasteiger partial charge in [0, 0.05) is 31.7 Å². The van der Waals surface area contributed by atoms with E-state index in [1.165, 1.54) is 11.1 Å². The Labute approximate surface area is 188 Å². The molecule has 1 fully saturated rings. The van der Waals surface area contributed by atoms with Crippen LogP contribution in [0.1, 0.15) is 11.1 Å². The summed E-state index contributed by atoms with van der Waals surface area (Å²) in [5.74, 6) is 1.98. The van der Waals surface area contributed by atoms with Crippen molar-refractivity contribution in [1.29, 1.82) is 0 Å². The molecule has 1 saturated heterocycles. The van der Waals surface area contributed by atoms with Crippen LogP contribution in [0.25, 0.3) is 11.3 Å². The summed E-state index contributed by atoms with van der Waals surface area (Å²) >= 11 is 0. The van der Waals surface area contributed by atoms with Crippen molar-refractivity contribution in [2.75, 3.05) is 44.8 Å². The van der Waals surface area contributed by atoms with E-state index in [1.807, 2.05) is 35.2 Å². The second-order valence-electron chi connectivity index (χ2n) is 7.88. The molecule has 1 aliphatic rings. The maximum atomic E-state index is 12.6. The van der Waals surface area contributed by atoms with Gasteiger partial charge in [-0.15, -0.1) is 10.2 Å². The molecule has 0 radical (unpaired) electrons. The Morgan fingerprint density at radius 3 is 2.31 bits per heavy atom. The summed E-state index contributed by atoms with van der Waals surface area (Å²) in [6, 6.07) is 17.6. The van der Waals surface area contributed by atoms with Crippen LogP contribution in [0.5, 0.6) is 11.5 Å². The molecule has 1 amide bonds. The number of aromatic nitrogens is 2. The Hall–Kier alpha value is -3.61. The summed E-state index contributed by atoms with van der Waals surface area (Å²) < 4.78 is 10.9. The summed E-state index contributed by atoms with van der Waals surface area (Å²) in [6.07, 6.45) is 0. The number of amides is 1. The van der Waals surface area contributed by atoms with E-state index in [9.17, 15) is 4.79 Å². The highest BCUT2D eigenvalue weighted by atomic mass is 16.5. The lowest BCUT2D eigenvalue weighted by Gasteiger charge is -2.35. The third-order valence-corrected chi connectivity index (χ3v) is 5.83. The summed E-state index contributed by atoms with van der Waals surface area (Å²) in [5, 5.41) is 8.85. The number of aryl methyl sites for hydroxylation is 2. The summed E-state index contributed by atoms with van der Waals surface area (Å²) in [7, 11) is 1.58. The van der Waals surface area contributed by atoms with Gasteiger partial charge in [0.05, 0.1) is 12.8 Å². The fourth-order valence-electron chi connectivity index (χ4n) is 3.70. The van der Waals surface area contributed by atoms with Crippen molar-refractivity contribution >= 4 is 11.7 Å². The number of methoxy groups -OCH3 is 1. The Bertz CT molecular complexity index is 1080. The molecule has 0 saturated carbocycles. The van der Waals surface area contributed by atoms with Crippen LogP contribution in [0.2, 0.25) is 0 Å². The standard InChI is InChI=1S/C25H28N4O3/c1-18-8-9-20(16-19(18)2)21-10-11-24(27-26-21)28-12-14-29(15-13-28)25(30)17-32-23-7-5-4-6-22(23)31-3/h4-11,16H,12-15,17H2,1-3H3. The van der Waals surface area contributed by atoms with Crippen molar-refractivity contribution < 1.29 is 14.3 Å². The first-order valence-electron chi connectivity index (χ1n) is 10.7. The lowest BCUT2D eigenvalue weighted by atomic mass is 10.0. The molecule has 4 rings (SSSR count). The van der Waals surface area contributed by atoms with E-state index >= 15 is 0 Å². The Morgan fingerprint density at radius 1 is 0.906 bits per heavy atom. The van der Waals surface area contributed by atoms with E-state index in [2.05, 4.69) is 47.1 Å². The van der Waals surface area contributed by atoms with Gasteiger partial charge >= 0.3 is 0 Å². The molecule has 7 nitrogen and oxygen atoms in total. The third kappa shape index (κ3) is 4.82. The predicted octanol–water partition coefficient (Wildman–Crippen LogP) is 3.50. The van der Waals surface area contributed by atoms with Gasteiger partial charge in [-0.2, -0.15) is 0 Å². The van der Waals surface area contributed by atoms with Crippen LogP contribution >= 0.6 is 0 Å². The molecule has 0 spiro atoms. The van der Waals surface area contributed by atoms with Gasteiger partial charge < -0.3 is 19.3 Å². The van der Waals surface area contributed by atoms with E-state index in [4.69, 9.17) is 9.47 Å². The van der Waals surface area contributed by atoms with Gasteiger partial charge in [0.2, 0.25) is 0 Å². The molecule has 0 bridgehead atoms. The number of hydrogen-bond acceptors (Lipinski definition) is 6. The van der Waals surface area contributed by atoms with Gasteiger partial charge in [0.25, 0.3) is 5.91 Å². The van der Waals surface area contributed by atoms with Crippen LogP contribution in [-0.2, 0) is 4.79 Å². The smallest absolute Gasteiger partial charge is 0.260 e. The fourth-order valence-corrected chi connectivity index (χ4v) is 3.70. The van der Waals surface area contributed by atoms with Crippen LogP contribution in [0.3, 0.4) is 0 Å². The predicted molar refractivity (Wildman–Crippen MR) is 124 cm³/mol. The molecule has 7 heteroatoms. The van der Waals surface area contributed by atoms with Crippen LogP contribution < -0.4 is 14.4 Å². The van der Waals surface area contributed by atoms with Gasteiger partial charge in [-0.25, -0.2) is 0 Å². The number of para-hydroxylation sites is 2. The third-order valence-electron chi connectivity index (χ3n) is 5.83. The molecule has 0 unspecified atom stereocenters.